The summed E-state index contributed by atoms with van der Waals surface area (Å²) in [5.74, 6) is -0.134. The Hall–Kier alpha value is -1.09. The molecule has 0 aromatic heterocycles. The SMILES string of the molecule is OC1CCCC1Oc1ccccc1F. The molecule has 2 atom stereocenters. The van der Waals surface area contributed by atoms with E-state index in [-0.39, 0.29) is 17.7 Å². The molecule has 0 radical (unpaired) electrons. The minimum Gasteiger partial charge on any atom is -0.485 e. The average molecular weight is 196 g/mol. The highest BCUT2D eigenvalue weighted by atomic mass is 19.1. The van der Waals surface area contributed by atoms with Crippen molar-refractivity contribution >= 4 is 0 Å². The third kappa shape index (κ3) is 1.87. The van der Waals surface area contributed by atoms with Crippen molar-refractivity contribution < 1.29 is 14.2 Å². The summed E-state index contributed by atoms with van der Waals surface area (Å²) in [7, 11) is 0. The molecule has 0 aliphatic heterocycles. The van der Waals surface area contributed by atoms with Crippen molar-refractivity contribution in [2.24, 2.45) is 0 Å². The van der Waals surface area contributed by atoms with Gasteiger partial charge in [0.15, 0.2) is 11.6 Å². The van der Waals surface area contributed by atoms with E-state index in [4.69, 9.17) is 4.74 Å². The smallest absolute Gasteiger partial charge is 0.165 e. The second-order valence-electron chi connectivity index (χ2n) is 3.58. The van der Waals surface area contributed by atoms with Crippen LogP contribution in [0.15, 0.2) is 24.3 Å². The number of ether oxygens (including phenoxy) is 1. The van der Waals surface area contributed by atoms with Crippen molar-refractivity contribution in [2.45, 2.75) is 31.5 Å². The van der Waals surface area contributed by atoms with Crippen molar-refractivity contribution in [3.63, 3.8) is 0 Å². The summed E-state index contributed by atoms with van der Waals surface area (Å²) in [5, 5.41) is 9.49. The van der Waals surface area contributed by atoms with Gasteiger partial charge in [0.05, 0.1) is 6.10 Å². The minimum absolute atomic E-state index is 0.235. The van der Waals surface area contributed by atoms with Crippen LogP contribution in [0.3, 0.4) is 0 Å². The number of para-hydroxylation sites is 1. The van der Waals surface area contributed by atoms with Crippen LogP contribution >= 0.6 is 0 Å². The van der Waals surface area contributed by atoms with Crippen LogP contribution in [0, 0.1) is 5.82 Å². The fourth-order valence-electron chi connectivity index (χ4n) is 1.75. The molecule has 0 heterocycles. The minimum atomic E-state index is -0.449. The molecule has 2 nitrogen and oxygen atoms in total. The Balaban J connectivity index is 2.07. The van der Waals surface area contributed by atoms with Crippen LogP contribution in [0.2, 0.25) is 0 Å². The van der Waals surface area contributed by atoms with Gasteiger partial charge in [-0.05, 0) is 31.4 Å². The maximum Gasteiger partial charge on any atom is 0.165 e. The lowest BCUT2D eigenvalue weighted by molar-refractivity contribution is 0.0579. The number of aliphatic hydroxyl groups excluding tert-OH is 1. The number of benzene rings is 1. The van der Waals surface area contributed by atoms with E-state index in [9.17, 15) is 9.50 Å². The van der Waals surface area contributed by atoms with Crippen molar-refractivity contribution in [2.75, 3.05) is 0 Å². The average Bonchev–Trinajstić information content (AvgIpc) is 2.56. The van der Waals surface area contributed by atoms with E-state index in [1.54, 1.807) is 18.2 Å². The summed E-state index contributed by atoms with van der Waals surface area (Å²) in [6.07, 6.45) is 1.80. The van der Waals surface area contributed by atoms with Gasteiger partial charge >= 0.3 is 0 Å². The highest BCUT2D eigenvalue weighted by Crippen LogP contribution is 2.25. The Morgan fingerprint density at radius 2 is 2.07 bits per heavy atom. The first-order chi connectivity index (χ1) is 6.77. The van der Waals surface area contributed by atoms with E-state index in [1.165, 1.54) is 6.07 Å². The first-order valence-corrected chi connectivity index (χ1v) is 4.86. The highest BCUT2D eigenvalue weighted by Gasteiger charge is 2.27. The Morgan fingerprint density at radius 3 is 2.71 bits per heavy atom. The van der Waals surface area contributed by atoms with Gasteiger partial charge in [-0.2, -0.15) is 0 Å². The Labute approximate surface area is 82.3 Å². The molecule has 0 saturated heterocycles. The topological polar surface area (TPSA) is 29.5 Å². The van der Waals surface area contributed by atoms with Gasteiger partial charge in [0.1, 0.15) is 6.10 Å². The standard InChI is InChI=1S/C11H13FO2/c12-8-4-1-2-6-10(8)14-11-7-3-5-9(11)13/h1-2,4,6,9,11,13H,3,5,7H2. The number of hydrogen-bond acceptors (Lipinski definition) is 2. The van der Waals surface area contributed by atoms with Crippen LogP contribution in [0.1, 0.15) is 19.3 Å². The lowest BCUT2D eigenvalue weighted by Gasteiger charge is -2.17. The predicted molar refractivity (Wildman–Crippen MR) is 50.7 cm³/mol. The molecule has 14 heavy (non-hydrogen) atoms. The molecular weight excluding hydrogens is 183 g/mol. The summed E-state index contributed by atoms with van der Waals surface area (Å²) in [5.41, 5.74) is 0. The Bertz CT molecular complexity index is 314. The summed E-state index contributed by atoms with van der Waals surface area (Å²) < 4.78 is 18.6. The summed E-state index contributed by atoms with van der Waals surface area (Å²) in [6, 6.07) is 6.28. The first kappa shape index (κ1) is 9.46. The molecular formula is C11H13FO2. The summed E-state index contributed by atoms with van der Waals surface area (Å²) >= 11 is 0. The monoisotopic (exact) mass is 196 g/mol. The van der Waals surface area contributed by atoms with Gasteiger partial charge in [0, 0.05) is 0 Å². The number of rotatable bonds is 2. The van der Waals surface area contributed by atoms with Crippen molar-refractivity contribution in [3.05, 3.63) is 30.1 Å². The van der Waals surface area contributed by atoms with Crippen LogP contribution in [0.25, 0.3) is 0 Å². The van der Waals surface area contributed by atoms with Crippen LogP contribution in [0.4, 0.5) is 4.39 Å². The first-order valence-electron chi connectivity index (χ1n) is 4.86. The molecule has 1 aromatic carbocycles. The van der Waals surface area contributed by atoms with Crippen LogP contribution in [-0.4, -0.2) is 17.3 Å². The number of aliphatic hydroxyl groups is 1. The molecule has 0 amide bonds. The second-order valence-corrected chi connectivity index (χ2v) is 3.58. The van der Waals surface area contributed by atoms with E-state index in [2.05, 4.69) is 0 Å². The molecule has 3 heteroatoms. The lowest BCUT2D eigenvalue weighted by Crippen LogP contribution is -2.25. The zero-order chi connectivity index (χ0) is 9.97. The van der Waals surface area contributed by atoms with E-state index in [1.807, 2.05) is 0 Å². The van der Waals surface area contributed by atoms with Crippen LogP contribution in [-0.2, 0) is 0 Å². The van der Waals surface area contributed by atoms with Gasteiger partial charge in [-0.15, -0.1) is 0 Å². The van der Waals surface area contributed by atoms with E-state index in [0.29, 0.717) is 0 Å². The third-order valence-electron chi connectivity index (χ3n) is 2.53. The molecule has 2 rings (SSSR count). The molecule has 1 aliphatic rings. The van der Waals surface area contributed by atoms with Crippen molar-refractivity contribution in [1.82, 2.24) is 0 Å². The molecule has 0 bridgehead atoms. The largest absolute Gasteiger partial charge is 0.485 e. The predicted octanol–water partition coefficient (Wildman–Crippen LogP) is 2.12. The zero-order valence-corrected chi connectivity index (χ0v) is 7.82. The van der Waals surface area contributed by atoms with Gasteiger partial charge in [0.2, 0.25) is 0 Å². The van der Waals surface area contributed by atoms with Crippen LogP contribution in [0.5, 0.6) is 5.75 Å². The number of halogens is 1. The van der Waals surface area contributed by atoms with Crippen molar-refractivity contribution in [3.8, 4) is 5.75 Å². The zero-order valence-electron chi connectivity index (χ0n) is 7.82. The van der Waals surface area contributed by atoms with E-state index < -0.39 is 6.10 Å². The maximum absolute atomic E-state index is 13.2. The fourth-order valence-corrected chi connectivity index (χ4v) is 1.75. The van der Waals surface area contributed by atoms with Gasteiger partial charge < -0.3 is 9.84 Å². The van der Waals surface area contributed by atoms with Gasteiger partial charge in [-0.3, -0.25) is 0 Å². The maximum atomic E-state index is 13.2. The molecule has 1 N–H and O–H groups in total. The Morgan fingerprint density at radius 1 is 1.29 bits per heavy atom. The molecule has 76 valence electrons. The van der Waals surface area contributed by atoms with E-state index in [0.717, 1.165) is 19.3 Å². The second kappa shape index (κ2) is 3.96. The van der Waals surface area contributed by atoms with Crippen molar-refractivity contribution in [1.29, 1.82) is 0 Å². The third-order valence-corrected chi connectivity index (χ3v) is 2.53. The summed E-state index contributed by atoms with van der Waals surface area (Å²) in [6.45, 7) is 0. The highest BCUT2D eigenvalue weighted by molar-refractivity contribution is 5.24. The van der Waals surface area contributed by atoms with Gasteiger partial charge in [0.25, 0.3) is 0 Å². The molecule has 0 spiro atoms. The molecule has 1 aliphatic carbocycles. The number of hydrogen-bond donors (Lipinski definition) is 1. The quantitative estimate of drug-likeness (QED) is 0.785. The lowest BCUT2D eigenvalue weighted by atomic mass is 10.2. The molecule has 2 unspecified atom stereocenters. The molecule has 1 fully saturated rings. The molecule has 1 saturated carbocycles. The van der Waals surface area contributed by atoms with E-state index >= 15 is 0 Å². The van der Waals surface area contributed by atoms with Gasteiger partial charge in [-0.25, -0.2) is 4.39 Å². The van der Waals surface area contributed by atoms with Crippen LogP contribution < -0.4 is 4.74 Å². The molecule has 1 aromatic rings. The normalized spacial score (nSPS) is 26.4. The van der Waals surface area contributed by atoms with Gasteiger partial charge in [-0.1, -0.05) is 12.1 Å². The fraction of sp³-hybridized carbons (Fsp3) is 0.455. The Kier molecular flexibility index (Phi) is 2.68. The summed E-state index contributed by atoms with van der Waals surface area (Å²) in [4.78, 5) is 0.